The van der Waals surface area contributed by atoms with E-state index in [0.717, 1.165) is 19.3 Å². The second-order valence-corrected chi connectivity index (χ2v) is 9.16. The summed E-state index contributed by atoms with van der Waals surface area (Å²) in [4.78, 5) is 4.30. The summed E-state index contributed by atoms with van der Waals surface area (Å²) >= 11 is 0. The number of fused-ring (bicyclic) bond motifs is 2. The second-order valence-electron chi connectivity index (χ2n) is 7.50. The first-order valence-corrected chi connectivity index (χ1v) is 9.56. The average molecular weight is 342 g/mol. The monoisotopic (exact) mass is 342 g/mol. The molecule has 1 aromatic rings. The Kier molecular flexibility index (Phi) is 4.29. The van der Waals surface area contributed by atoms with E-state index in [4.69, 9.17) is 0 Å². The van der Waals surface area contributed by atoms with Crippen molar-refractivity contribution in [3.8, 4) is 0 Å². The fourth-order valence-electron chi connectivity index (χ4n) is 3.70. The van der Waals surface area contributed by atoms with Gasteiger partial charge < -0.3 is 9.67 Å². The molecule has 3 atom stereocenters. The van der Waals surface area contributed by atoms with Crippen LogP contribution in [0.4, 0.5) is 0 Å². The summed E-state index contributed by atoms with van der Waals surface area (Å²) in [6, 6.07) is -0.464. The highest BCUT2D eigenvalue weighted by atomic mass is 32.2. The van der Waals surface area contributed by atoms with Crippen LogP contribution in [0.5, 0.6) is 0 Å². The van der Waals surface area contributed by atoms with E-state index in [2.05, 4.69) is 9.71 Å². The van der Waals surface area contributed by atoms with Crippen molar-refractivity contribution in [3.05, 3.63) is 18.2 Å². The minimum atomic E-state index is -3.61. The Bertz CT molecular complexity index is 670. The molecule has 1 saturated heterocycles. The van der Waals surface area contributed by atoms with Crippen molar-refractivity contribution in [2.24, 2.45) is 18.4 Å². The van der Waals surface area contributed by atoms with E-state index in [1.165, 1.54) is 0 Å². The summed E-state index contributed by atoms with van der Waals surface area (Å²) < 4.78 is 32.0. The molecule has 8 heteroatoms. The van der Waals surface area contributed by atoms with Crippen LogP contribution in [0.3, 0.4) is 0 Å². The minimum absolute atomic E-state index is 0.122. The molecule has 0 spiro atoms. The number of aromatic nitrogens is 2. The highest BCUT2D eigenvalue weighted by Gasteiger charge is 2.46. The maximum absolute atomic E-state index is 12.9. The zero-order valence-electron chi connectivity index (χ0n) is 13.9. The van der Waals surface area contributed by atoms with E-state index in [0.29, 0.717) is 18.3 Å². The molecule has 2 fully saturated rings. The van der Waals surface area contributed by atoms with Gasteiger partial charge in [0.2, 0.25) is 0 Å². The van der Waals surface area contributed by atoms with Gasteiger partial charge in [-0.25, -0.2) is 4.98 Å². The van der Waals surface area contributed by atoms with E-state index in [1.807, 2.05) is 20.9 Å². The lowest BCUT2D eigenvalue weighted by atomic mass is 9.85. The molecule has 3 rings (SSSR count). The first-order chi connectivity index (χ1) is 10.7. The molecule has 0 amide bonds. The van der Waals surface area contributed by atoms with Gasteiger partial charge in [0.1, 0.15) is 5.82 Å². The van der Waals surface area contributed by atoms with Gasteiger partial charge >= 0.3 is 0 Å². The summed E-state index contributed by atoms with van der Waals surface area (Å²) in [5.74, 6) is 1.10. The lowest BCUT2D eigenvalue weighted by molar-refractivity contribution is 0.119. The Labute approximate surface area is 137 Å². The number of piperidine rings is 1. The number of hydrogen-bond donors (Lipinski definition) is 2. The summed E-state index contributed by atoms with van der Waals surface area (Å²) in [5.41, 5.74) is -0.662. The maximum Gasteiger partial charge on any atom is 0.280 e. The Morgan fingerprint density at radius 3 is 2.70 bits per heavy atom. The molecule has 2 N–H and O–H groups in total. The average Bonchev–Trinajstić information content (AvgIpc) is 3.21. The van der Waals surface area contributed by atoms with Crippen molar-refractivity contribution in [2.45, 2.75) is 45.2 Å². The standard InChI is InChI=1S/C15H26N4O3S/c1-15(2,10-20)13(14-16-6-7-18(14)3)17-23(21,22)19-9-11-4-5-12(19)8-11/h6-7,11-13,17,20H,4-5,8-10H2,1-3H3. The van der Waals surface area contributed by atoms with Gasteiger partial charge in [0, 0.05) is 37.4 Å². The van der Waals surface area contributed by atoms with Gasteiger partial charge in [-0.2, -0.15) is 17.4 Å². The SMILES string of the molecule is Cn1ccnc1C(NS(=O)(=O)N1CC2CCC1C2)C(C)(C)CO. The molecule has 0 radical (unpaired) electrons. The number of nitrogens with zero attached hydrogens (tertiary/aromatic N) is 3. The fraction of sp³-hybridized carbons (Fsp3) is 0.800. The largest absolute Gasteiger partial charge is 0.396 e. The molecule has 2 heterocycles. The van der Waals surface area contributed by atoms with Crippen molar-refractivity contribution in [3.63, 3.8) is 0 Å². The van der Waals surface area contributed by atoms with E-state index in [-0.39, 0.29) is 12.6 Å². The third-order valence-electron chi connectivity index (χ3n) is 5.24. The molecular weight excluding hydrogens is 316 g/mol. The van der Waals surface area contributed by atoms with Gasteiger partial charge in [0.15, 0.2) is 0 Å². The summed E-state index contributed by atoms with van der Waals surface area (Å²) in [5, 5.41) is 9.74. The predicted octanol–water partition coefficient (Wildman–Crippen LogP) is 0.798. The van der Waals surface area contributed by atoms with Gasteiger partial charge in [-0.3, -0.25) is 0 Å². The highest BCUT2D eigenvalue weighted by Crippen LogP contribution is 2.40. The number of hydrogen-bond acceptors (Lipinski definition) is 4. The third-order valence-corrected chi connectivity index (χ3v) is 6.84. The minimum Gasteiger partial charge on any atom is -0.396 e. The predicted molar refractivity (Wildman–Crippen MR) is 86.7 cm³/mol. The maximum atomic E-state index is 12.9. The zero-order valence-corrected chi connectivity index (χ0v) is 14.8. The molecule has 1 aliphatic carbocycles. The number of aliphatic hydroxyl groups is 1. The molecule has 3 unspecified atom stereocenters. The van der Waals surface area contributed by atoms with E-state index in [1.54, 1.807) is 21.3 Å². The van der Waals surface area contributed by atoms with Crippen LogP contribution in [-0.2, 0) is 17.3 Å². The Balaban J connectivity index is 1.88. The van der Waals surface area contributed by atoms with E-state index in [9.17, 15) is 13.5 Å². The van der Waals surface area contributed by atoms with Crippen LogP contribution in [0, 0.1) is 11.3 Å². The Morgan fingerprint density at radius 1 is 1.48 bits per heavy atom. The van der Waals surface area contributed by atoms with Gasteiger partial charge in [-0.1, -0.05) is 13.8 Å². The smallest absolute Gasteiger partial charge is 0.280 e. The number of aryl methyl sites for hydroxylation is 1. The van der Waals surface area contributed by atoms with Crippen LogP contribution in [0.15, 0.2) is 12.4 Å². The van der Waals surface area contributed by atoms with Gasteiger partial charge in [0.05, 0.1) is 12.6 Å². The van der Waals surface area contributed by atoms with Gasteiger partial charge in [-0.15, -0.1) is 0 Å². The summed E-state index contributed by atoms with van der Waals surface area (Å²) in [6.07, 6.45) is 6.46. The fourth-order valence-corrected chi connectivity index (χ4v) is 5.55. The van der Waals surface area contributed by atoms with Gasteiger partial charge in [-0.05, 0) is 25.2 Å². The van der Waals surface area contributed by atoms with Crippen molar-refractivity contribution in [2.75, 3.05) is 13.2 Å². The van der Waals surface area contributed by atoms with Gasteiger partial charge in [0.25, 0.3) is 10.2 Å². The molecule has 1 saturated carbocycles. The Hall–Kier alpha value is -0.960. The van der Waals surface area contributed by atoms with Crippen LogP contribution in [0.25, 0.3) is 0 Å². The second kappa shape index (κ2) is 5.84. The topological polar surface area (TPSA) is 87.5 Å². The molecule has 0 aromatic carbocycles. The number of imidazole rings is 1. The third kappa shape index (κ3) is 3.05. The zero-order chi connectivity index (χ0) is 16.8. The van der Waals surface area contributed by atoms with Crippen LogP contribution in [0.2, 0.25) is 0 Å². The first-order valence-electron chi connectivity index (χ1n) is 8.12. The molecule has 1 aliphatic heterocycles. The Morgan fingerprint density at radius 2 is 2.22 bits per heavy atom. The molecule has 7 nitrogen and oxygen atoms in total. The van der Waals surface area contributed by atoms with Crippen molar-refractivity contribution >= 4 is 10.2 Å². The number of nitrogens with one attached hydrogen (secondary N) is 1. The molecular formula is C15H26N4O3S. The molecule has 1 aromatic heterocycles. The number of aliphatic hydroxyl groups excluding tert-OH is 1. The quantitative estimate of drug-likeness (QED) is 0.800. The van der Waals surface area contributed by atoms with Crippen molar-refractivity contribution < 1.29 is 13.5 Å². The van der Waals surface area contributed by atoms with Crippen LogP contribution >= 0.6 is 0 Å². The number of rotatable bonds is 6. The first kappa shape index (κ1) is 16.9. The van der Waals surface area contributed by atoms with Crippen molar-refractivity contribution in [1.29, 1.82) is 0 Å². The highest BCUT2D eigenvalue weighted by molar-refractivity contribution is 7.87. The van der Waals surface area contributed by atoms with E-state index < -0.39 is 21.7 Å². The molecule has 2 aliphatic rings. The summed E-state index contributed by atoms with van der Waals surface area (Å²) in [7, 11) is -1.78. The van der Waals surface area contributed by atoms with Crippen molar-refractivity contribution in [1.82, 2.24) is 18.6 Å². The van der Waals surface area contributed by atoms with E-state index >= 15 is 0 Å². The van der Waals surface area contributed by atoms with Crippen LogP contribution in [-0.4, -0.2) is 46.6 Å². The lowest BCUT2D eigenvalue weighted by Gasteiger charge is -2.35. The molecule has 130 valence electrons. The molecule has 23 heavy (non-hydrogen) atoms. The summed E-state index contributed by atoms with van der Waals surface area (Å²) in [6.45, 7) is 4.14. The van der Waals surface area contributed by atoms with Crippen LogP contribution < -0.4 is 4.72 Å². The lowest BCUT2D eigenvalue weighted by Crippen LogP contribution is -2.49. The molecule has 2 bridgehead atoms. The van der Waals surface area contributed by atoms with Crippen LogP contribution in [0.1, 0.15) is 45.0 Å². The normalized spacial score (nSPS) is 26.8.